The van der Waals surface area contributed by atoms with Gasteiger partial charge >= 0.3 is 6.18 Å². The number of hydrogen-bond acceptors (Lipinski definition) is 3. The van der Waals surface area contributed by atoms with Gasteiger partial charge in [0.15, 0.2) is 0 Å². The minimum Gasteiger partial charge on any atom is -0.667 e. The summed E-state index contributed by atoms with van der Waals surface area (Å²) in [6, 6.07) is 8.66. The third-order valence-corrected chi connectivity index (χ3v) is 3.55. The second-order valence-electron chi connectivity index (χ2n) is 5.46. The summed E-state index contributed by atoms with van der Waals surface area (Å²) in [7, 11) is 0. The average Bonchev–Trinajstić information content (AvgIpc) is 2.61. The van der Waals surface area contributed by atoms with E-state index in [9.17, 15) is 22.8 Å². The Morgan fingerprint density at radius 3 is 2.12 bits per heavy atom. The lowest BCUT2D eigenvalue weighted by Crippen LogP contribution is -2.26. The number of carbonyl (C=O) groups is 2. The zero-order valence-electron chi connectivity index (χ0n) is 13.3. The summed E-state index contributed by atoms with van der Waals surface area (Å²) in [5.41, 5.74) is 9.48. The average molecular weight is 366 g/mol. The molecule has 1 atom stereocenters. The topological polar surface area (TPSA) is 102 Å². The normalized spacial score (nSPS) is 12.3. The molecule has 0 bridgehead atoms. The van der Waals surface area contributed by atoms with Crippen LogP contribution in [0.3, 0.4) is 0 Å². The summed E-state index contributed by atoms with van der Waals surface area (Å²) in [6.45, 7) is 0. The Hall–Kier alpha value is -2.91. The van der Waals surface area contributed by atoms with E-state index >= 15 is 0 Å². The van der Waals surface area contributed by atoms with Gasteiger partial charge in [-0.1, -0.05) is 18.2 Å². The Bertz CT molecular complexity index is 775. The molecular weight excluding hydrogens is 351 g/mol. The molecule has 0 aliphatic rings. The zero-order valence-corrected chi connectivity index (χ0v) is 13.3. The third kappa shape index (κ3) is 5.04. The van der Waals surface area contributed by atoms with Gasteiger partial charge in [-0.25, -0.2) is 5.48 Å². The number of carbonyl (C=O) groups excluding carboxylic acids is 2. The van der Waals surface area contributed by atoms with Gasteiger partial charge in [-0.05, 0) is 48.4 Å². The van der Waals surface area contributed by atoms with Crippen molar-refractivity contribution in [2.75, 3.05) is 5.32 Å². The van der Waals surface area contributed by atoms with Crippen molar-refractivity contribution in [1.29, 1.82) is 0 Å². The van der Waals surface area contributed by atoms with Crippen molar-refractivity contribution in [2.45, 2.75) is 18.6 Å². The molecule has 2 aromatic carbocycles. The van der Waals surface area contributed by atoms with Crippen LogP contribution < -0.4 is 10.8 Å². The molecule has 2 amide bonds. The second-order valence-corrected chi connectivity index (χ2v) is 5.46. The molecule has 0 fully saturated rings. The highest BCUT2D eigenvalue weighted by Crippen LogP contribution is 2.29. The maximum atomic E-state index is 12.5. The fourth-order valence-corrected chi connectivity index (χ4v) is 2.16. The van der Waals surface area contributed by atoms with E-state index in [-0.39, 0.29) is 12.0 Å². The quantitative estimate of drug-likeness (QED) is 0.558. The van der Waals surface area contributed by atoms with E-state index < -0.39 is 29.6 Å². The first-order valence-electron chi connectivity index (χ1n) is 7.43. The minimum atomic E-state index is -4.44. The fraction of sp³-hybridized carbons (Fsp3) is 0.176. The van der Waals surface area contributed by atoms with Crippen molar-refractivity contribution in [1.82, 2.24) is 5.48 Å². The van der Waals surface area contributed by atoms with Crippen LogP contribution in [0.4, 0.5) is 18.9 Å². The molecule has 0 heterocycles. The maximum absolute atomic E-state index is 12.5. The SMILES string of the molecule is [NH-][C@@H](Cc1ccc(C(F)(F)F)cc1)C(=O)Nc1ccc(C(=O)NO)cc1. The number of anilines is 1. The van der Waals surface area contributed by atoms with Crippen LogP contribution in [0.25, 0.3) is 5.73 Å². The lowest BCUT2D eigenvalue weighted by atomic mass is 10.0. The van der Waals surface area contributed by atoms with Crippen molar-refractivity contribution >= 4 is 17.5 Å². The first kappa shape index (κ1) is 19.4. The van der Waals surface area contributed by atoms with E-state index in [0.717, 1.165) is 12.1 Å². The Kier molecular flexibility index (Phi) is 5.96. The van der Waals surface area contributed by atoms with E-state index in [4.69, 9.17) is 10.9 Å². The van der Waals surface area contributed by atoms with Gasteiger partial charge in [-0.15, -0.1) is 0 Å². The number of rotatable bonds is 5. The molecule has 9 heteroatoms. The molecule has 0 aromatic heterocycles. The number of amides is 2. The molecule has 0 aliphatic carbocycles. The van der Waals surface area contributed by atoms with Crippen LogP contribution in [-0.4, -0.2) is 23.1 Å². The molecule has 6 nitrogen and oxygen atoms in total. The van der Waals surface area contributed by atoms with Gasteiger partial charge in [-0.2, -0.15) is 13.2 Å². The van der Waals surface area contributed by atoms with Crippen LogP contribution in [0.2, 0.25) is 0 Å². The van der Waals surface area contributed by atoms with Crippen molar-refractivity contribution < 1.29 is 28.0 Å². The smallest absolute Gasteiger partial charge is 0.416 e. The molecular formula is C17H15F3N3O3-. The third-order valence-electron chi connectivity index (χ3n) is 3.55. The van der Waals surface area contributed by atoms with Gasteiger partial charge in [0.05, 0.1) is 5.56 Å². The number of nitrogens with one attached hydrogen (secondary N) is 3. The van der Waals surface area contributed by atoms with Gasteiger partial charge in [0.25, 0.3) is 5.91 Å². The highest BCUT2D eigenvalue weighted by molar-refractivity contribution is 5.97. The molecule has 0 saturated carbocycles. The molecule has 0 radical (unpaired) electrons. The molecule has 138 valence electrons. The molecule has 0 aliphatic heterocycles. The van der Waals surface area contributed by atoms with E-state index in [1.807, 2.05) is 0 Å². The predicted molar refractivity (Wildman–Crippen MR) is 87.6 cm³/mol. The highest BCUT2D eigenvalue weighted by atomic mass is 19.4. The Morgan fingerprint density at radius 2 is 1.62 bits per heavy atom. The maximum Gasteiger partial charge on any atom is 0.416 e. The van der Waals surface area contributed by atoms with Gasteiger partial charge < -0.3 is 11.1 Å². The van der Waals surface area contributed by atoms with Crippen molar-refractivity contribution in [3.8, 4) is 0 Å². The predicted octanol–water partition coefficient (Wildman–Crippen LogP) is 3.43. The van der Waals surface area contributed by atoms with E-state index in [2.05, 4.69) is 5.32 Å². The Labute approximate surface area is 146 Å². The number of hydrogen-bond donors (Lipinski definition) is 3. The summed E-state index contributed by atoms with van der Waals surface area (Å²) < 4.78 is 37.5. The van der Waals surface area contributed by atoms with E-state index in [1.165, 1.54) is 41.9 Å². The molecule has 0 saturated heterocycles. The van der Waals surface area contributed by atoms with Crippen LogP contribution in [0.5, 0.6) is 0 Å². The number of halogens is 3. The molecule has 4 N–H and O–H groups in total. The largest absolute Gasteiger partial charge is 0.667 e. The summed E-state index contributed by atoms with van der Waals surface area (Å²) in [5.74, 6) is -1.34. The van der Waals surface area contributed by atoms with Gasteiger partial charge in [0.2, 0.25) is 5.91 Å². The standard InChI is InChI=1S/C17H15F3N3O3/c18-17(19,20)12-5-1-10(2-6-12)9-14(21)16(25)22-13-7-3-11(4-8-13)15(24)23-26/h1-8,14,21,26H,9H2,(H,22,25)(H,23,24)/q-1/t14-/m0/s1. The van der Waals surface area contributed by atoms with Crippen LogP contribution in [-0.2, 0) is 17.4 Å². The van der Waals surface area contributed by atoms with Gasteiger partial charge in [0.1, 0.15) is 0 Å². The zero-order chi connectivity index (χ0) is 19.3. The van der Waals surface area contributed by atoms with E-state index in [0.29, 0.717) is 11.3 Å². The summed E-state index contributed by atoms with van der Waals surface area (Å²) >= 11 is 0. The first-order valence-corrected chi connectivity index (χ1v) is 7.43. The highest BCUT2D eigenvalue weighted by Gasteiger charge is 2.29. The first-order chi connectivity index (χ1) is 12.2. The molecule has 0 unspecified atom stereocenters. The van der Waals surface area contributed by atoms with Crippen LogP contribution in [0.15, 0.2) is 48.5 Å². The number of alkyl halides is 3. The molecule has 2 rings (SSSR count). The fourth-order valence-electron chi connectivity index (χ4n) is 2.16. The monoisotopic (exact) mass is 366 g/mol. The van der Waals surface area contributed by atoms with Gasteiger partial charge in [0, 0.05) is 11.3 Å². The Balaban J connectivity index is 1.96. The van der Waals surface area contributed by atoms with Crippen molar-refractivity contribution in [3.63, 3.8) is 0 Å². The molecule has 0 spiro atoms. The van der Waals surface area contributed by atoms with E-state index in [1.54, 1.807) is 0 Å². The van der Waals surface area contributed by atoms with Crippen LogP contribution in [0.1, 0.15) is 21.5 Å². The lowest BCUT2D eigenvalue weighted by molar-refractivity contribution is -0.137. The second kappa shape index (κ2) is 7.98. The van der Waals surface area contributed by atoms with Crippen LogP contribution >= 0.6 is 0 Å². The summed E-state index contributed by atoms with van der Waals surface area (Å²) in [4.78, 5) is 23.2. The number of benzene rings is 2. The number of hydroxylamine groups is 1. The minimum absolute atomic E-state index is 0.0467. The van der Waals surface area contributed by atoms with Gasteiger partial charge in [-0.3, -0.25) is 14.8 Å². The van der Waals surface area contributed by atoms with Crippen molar-refractivity contribution in [3.05, 3.63) is 71.0 Å². The van der Waals surface area contributed by atoms with Crippen molar-refractivity contribution in [2.24, 2.45) is 0 Å². The summed E-state index contributed by atoms with van der Waals surface area (Å²) in [6.07, 6.45) is -4.48. The van der Waals surface area contributed by atoms with Crippen LogP contribution in [0, 0.1) is 0 Å². The Morgan fingerprint density at radius 1 is 1.04 bits per heavy atom. The molecule has 26 heavy (non-hydrogen) atoms. The lowest BCUT2D eigenvalue weighted by Gasteiger charge is -2.20. The molecule has 2 aromatic rings. The summed E-state index contributed by atoms with van der Waals surface area (Å²) in [5, 5.41) is 11.0.